The summed E-state index contributed by atoms with van der Waals surface area (Å²) in [6.45, 7) is 1.87. The largest absolute Gasteiger partial charge is 0.505 e. The number of anilines is 1. The summed E-state index contributed by atoms with van der Waals surface area (Å²) in [5, 5.41) is 24.4. The van der Waals surface area contributed by atoms with Crippen molar-refractivity contribution >= 4 is 45.3 Å². The van der Waals surface area contributed by atoms with Crippen LogP contribution in [0.4, 0.5) is 17.1 Å². The monoisotopic (exact) mass is 445 g/mol. The number of nitrogens with zero attached hydrogens (tertiary/aromatic N) is 2. The van der Waals surface area contributed by atoms with Gasteiger partial charge in [-0.05, 0) is 54.3 Å². The maximum Gasteiger partial charge on any atom is 0.259 e. The molecule has 0 atom stereocenters. The lowest BCUT2D eigenvalue weighted by Crippen LogP contribution is -2.13. The first-order valence-electron chi connectivity index (χ1n) is 9.85. The van der Waals surface area contributed by atoms with Crippen LogP contribution >= 0.6 is 11.6 Å². The van der Waals surface area contributed by atoms with Crippen molar-refractivity contribution in [3.63, 3.8) is 0 Å². The van der Waals surface area contributed by atoms with E-state index in [0.29, 0.717) is 27.5 Å². The van der Waals surface area contributed by atoms with Crippen LogP contribution in [-0.2, 0) is 0 Å². The van der Waals surface area contributed by atoms with Crippen LogP contribution < -0.4 is 10.1 Å². The van der Waals surface area contributed by atoms with Gasteiger partial charge in [0.1, 0.15) is 11.4 Å². The van der Waals surface area contributed by atoms with Crippen LogP contribution in [0, 0.1) is 6.92 Å². The number of halogens is 1. The van der Waals surface area contributed by atoms with Gasteiger partial charge < -0.3 is 15.2 Å². The average Bonchev–Trinajstić information content (AvgIpc) is 2.79. The molecule has 4 rings (SSSR count). The Balaban J connectivity index is 1.79. The second kappa shape index (κ2) is 9.08. The van der Waals surface area contributed by atoms with Crippen molar-refractivity contribution in [2.45, 2.75) is 6.92 Å². The number of amides is 1. The number of para-hydroxylation sites is 2. The molecule has 0 unspecified atom stereocenters. The molecule has 6 nitrogen and oxygen atoms in total. The summed E-state index contributed by atoms with van der Waals surface area (Å²) in [4.78, 5) is 13.1. The lowest BCUT2D eigenvalue weighted by Gasteiger charge is -2.13. The summed E-state index contributed by atoms with van der Waals surface area (Å²) in [6.07, 6.45) is 0. The van der Waals surface area contributed by atoms with Crippen molar-refractivity contribution in [3.8, 4) is 11.5 Å². The molecule has 0 aliphatic carbocycles. The van der Waals surface area contributed by atoms with Crippen LogP contribution in [0.15, 0.2) is 83.0 Å². The van der Waals surface area contributed by atoms with Crippen LogP contribution in [0.5, 0.6) is 11.5 Å². The van der Waals surface area contributed by atoms with Crippen molar-refractivity contribution in [1.82, 2.24) is 0 Å². The lowest BCUT2D eigenvalue weighted by atomic mass is 10.0. The van der Waals surface area contributed by atoms with E-state index in [0.717, 1.165) is 10.9 Å². The summed E-state index contributed by atoms with van der Waals surface area (Å²) in [6, 6.07) is 21.3. The number of rotatable bonds is 5. The summed E-state index contributed by atoms with van der Waals surface area (Å²) in [5.74, 6) is -0.234. The maximum atomic E-state index is 13.1. The summed E-state index contributed by atoms with van der Waals surface area (Å²) >= 11 is 6.02. The van der Waals surface area contributed by atoms with Crippen LogP contribution in [0.3, 0.4) is 0 Å². The van der Waals surface area contributed by atoms with E-state index >= 15 is 0 Å². The highest BCUT2D eigenvalue weighted by atomic mass is 35.5. The number of phenols is 1. The Kier molecular flexibility index (Phi) is 6.05. The molecule has 4 aromatic rings. The number of benzene rings is 4. The number of phenolic OH excluding ortho intramolecular Hbond substituents is 1. The highest BCUT2D eigenvalue weighted by Crippen LogP contribution is 2.40. The highest BCUT2D eigenvalue weighted by Gasteiger charge is 2.19. The zero-order valence-corrected chi connectivity index (χ0v) is 18.2. The average molecular weight is 446 g/mol. The highest BCUT2D eigenvalue weighted by molar-refractivity contribution is 6.30. The third-order valence-corrected chi connectivity index (χ3v) is 5.25. The number of aryl methyl sites for hydroxylation is 1. The van der Waals surface area contributed by atoms with Crippen molar-refractivity contribution in [3.05, 3.63) is 88.9 Å². The first-order valence-corrected chi connectivity index (χ1v) is 10.2. The summed E-state index contributed by atoms with van der Waals surface area (Å²) in [7, 11) is 1.52. The van der Waals surface area contributed by atoms with Gasteiger partial charge in [-0.25, -0.2) is 0 Å². The Morgan fingerprint density at radius 1 is 1.00 bits per heavy atom. The number of hydrogen-bond donors (Lipinski definition) is 2. The fourth-order valence-electron chi connectivity index (χ4n) is 3.36. The van der Waals surface area contributed by atoms with E-state index in [2.05, 4.69) is 15.5 Å². The number of fused-ring (bicyclic) bond motifs is 1. The van der Waals surface area contributed by atoms with Gasteiger partial charge in [0, 0.05) is 10.4 Å². The molecule has 1 amide bonds. The van der Waals surface area contributed by atoms with Crippen LogP contribution in [0.1, 0.15) is 15.9 Å². The minimum Gasteiger partial charge on any atom is -0.505 e. The number of azo groups is 1. The predicted octanol–water partition coefficient (Wildman–Crippen LogP) is 7.18. The molecular formula is C25H20ClN3O3. The SMILES string of the molecule is COc1ccccc1NC(=O)c1cc2ccccc2c(N=Nc2ccc(Cl)cc2C)c1O. The van der Waals surface area contributed by atoms with Crippen molar-refractivity contribution < 1.29 is 14.6 Å². The van der Waals surface area contributed by atoms with Gasteiger partial charge in [-0.3, -0.25) is 4.79 Å². The molecule has 0 fully saturated rings. The predicted molar refractivity (Wildman–Crippen MR) is 127 cm³/mol. The molecule has 0 aliphatic rings. The van der Waals surface area contributed by atoms with Crippen molar-refractivity contribution in [2.75, 3.05) is 12.4 Å². The number of methoxy groups -OCH3 is 1. The lowest BCUT2D eigenvalue weighted by molar-refractivity contribution is 0.102. The van der Waals surface area contributed by atoms with Gasteiger partial charge in [-0.15, -0.1) is 5.11 Å². The minimum absolute atomic E-state index is 0.0800. The molecule has 7 heteroatoms. The van der Waals surface area contributed by atoms with Crippen LogP contribution in [-0.4, -0.2) is 18.1 Å². The Morgan fingerprint density at radius 3 is 2.53 bits per heavy atom. The van der Waals surface area contributed by atoms with E-state index in [4.69, 9.17) is 16.3 Å². The van der Waals surface area contributed by atoms with Gasteiger partial charge >= 0.3 is 0 Å². The van der Waals surface area contributed by atoms with E-state index in [1.165, 1.54) is 7.11 Å². The zero-order chi connectivity index (χ0) is 22.7. The first kappa shape index (κ1) is 21.3. The Morgan fingerprint density at radius 2 is 1.75 bits per heavy atom. The number of carbonyl (C=O) groups excluding carboxylic acids is 1. The van der Waals surface area contributed by atoms with Gasteiger partial charge in [-0.2, -0.15) is 5.11 Å². The smallest absolute Gasteiger partial charge is 0.259 e. The second-order valence-corrected chi connectivity index (χ2v) is 7.56. The van der Waals surface area contributed by atoms with Gasteiger partial charge in [0.05, 0.1) is 24.0 Å². The number of hydrogen-bond acceptors (Lipinski definition) is 5. The van der Waals surface area contributed by atoms with E-state index in [1.54, 1.807) is 48.5 Å². The van der Waals surface area contributed by atoms with E-state index < -0.39 is 5.91 Å². The second-order valence-electron chi connectivity index (χ2n) is 7.13. The van der Waals surface area contributed by atoms with Crippen molar-refractivity contribution in [1.29, 1.82) is 0 Å². The molecular weight excluding hydrogens is 426 g/mol. The van der Waals surface area contributed by atoms with E-state index in [-0.39, 0.29) is 17.0 Å². The molecule has 0 heterocycles. The topological polar surface area (TPSA) is 83.3 Å². The standard InChI is InChI=1S/C25H20ClN3O3/c1-15-13-17(26)11-12-20(15)28-29-23-18-8-4-3-7-16(18)14-19(24(23)30)25(31)27-21-9-5-6-10-22(21)32-2/h3-14,30H,1-2H3,(H,27,31). The summed E-state index contributed by atoms with van der Waals surface area (Å²) in [5.41, 5.74) is 2.24. The molecule has 0 saturated carbocycles. The fraction of sp³-hybridized carbons (Fsp3) is 0.0800. The first-order chi connectivity index (χ1) is 15.5. The maximum absolute atomic E-state index is 13.1. The van der Waals surface area contributed by atoms with E-state index in [1.807, 2.05) is 31.2 Å². The molecule has 160 valence electrons. The van der Waals surface area contributed by atoms with E-state index in [9.17, 15) is 9.90 Å². The quantitative estimate of drug-likeness (QED) is 0.319. The molecule has 0 saturated heterocycles. The van der Waals surface area contributed by atoms with Crippen LogP contribution in [0.2, 0.25) is 5.02 Å². The molecule has 0 radical (unpaired) electrons. The zero-order valence-electron chi connectivity index (χ0n) is 17.5. The molecule has 4 aromatic carbocycles. The van der Waals surface area contributed by atoms with Gasteiger partial charge in [-0.1, -0.05) is 48.0 Å². The normalized spacial score (nSPS) is 11.1. The van der Waals surface area contributed by atoms with Gasteiger partial charge in [0.25, 0.3) is 5.91 Å². The molecule has 32 heavy (non-hydrogen) atoms. The molecule has 0 aromatic heterocycles. The summed E-state index contributed by atoms with van der Waals surface area (Å²) < 4.78 is 5.29. The Hall–Kier alpha value is -3.90. The number of aromatic hydroxyl groups is 1. The molecule has 0 spiro atoms. The number of carbonyl (C=O) groups is 1. The molecule has 0 aliphatic heterocycles. The Bertz CT molecular complexity index is 1350. The van der Waals surface area contributed by atoms with Gasteiger partial charge in [0.15, 0.2) is 5.75 Å². The fourth-order valence-corrected chi connectivity index (χ4v) is 3.59. The Labute approximate surface area is 190 Å². The number of nitrogens with one attached hydrogen (secondary N) is 1. The third-order valence-electron chi connectivity index (χ3n) is 5.01. The van der Waals surface area contributed by atoms with Crippen molar-refractivity contribution in [2.24, 2.45) is 10.2 Å². The molecule has 2 N–H and O–H groups in total. The molecule has 0 bridgehead atoms. The third kappa shape index (κ3) is 4.26. The minimum atomic E-state index is -0.489. The van der Waals surface area contributed by atoms with Crippen LogP contribution in [0.25, 0.3) is 10.8 Å². The van der Waals surface area contributed by atoms with Gasteiger partial charge in [0.2, 0.25) is 0 Å². The number of ether oxygens (including phenoxy) is 1.